The Morgan fingerprint density at radius 3 is 2.44 bits per heavy atom. The van der Waals surface area contributed by atoms with Gasteiger partial charge in [0.05, 0.1) is 18.0 Å². The van der Waals surface area contributed by atoms with Gasteiger partial charge in [0.2, 0.25) is 5.91 Å². The number of amides is 1. The van der Waals surface area contributed by atoms with Gasteiger partial charge in [-0.2, -0.15) is 0 Å². The van der Waals surface area contributed by atoms with Crippen molar-refractivity contribution >= 4 is 17.7 Å². The van der Waals surface area contributed by atoms with E-state index in [-0.39, 0.29) is 11.7 Å². The maximum atomic E-state index is 12.9. The molecule has 1 aromatic carbocycles. The number of thioether (sulfide) groups is 1. The second-order valence-corrected chi connectivity index (χ2v) is 9.01. The second-order valence-electron chi connectivity index (χ2n) is 8.07. The molecule has 0 aliphatic carbocycles. The highest BCUT2D eigenvalue weighted by molar-refractivity contribution is 7.99. The number of pyridine rings is 1. The number of hydrogen-bond acceptors (Lipinski definition) is 6. The van der Waals surface area contributed by atoms with E-state index in [1.807, 2.05) is 31.2 Å². The topological polar surface area (TPSA) is 77.0 Å². The van der Waals surface area contributed by atoms with Gasteiger partial charge in [-0.05, 0) is 55.2 Å². The Morgan fingerprint density at radius 2 is 1.82 bits per heavy atom. The van der Waals surface area contributed by atoms with E-state index >= 15 is 0 Å². The largest absolute Gasteiger partial charge is 0.464 e. The lowest BCUT2D eigenvalue weighted by molar-refractivity contribution is -0.127. The zero-order valence-corrected chi connectivity index (χ0v) is 20.8. The molecular weight excluding hydrogens is 446 g/mol. The molecule has 0 atom stereocenters. The zero-order chi connectivity index (χ0) is 24.1. The summed E-state index contributed by atoms with van der Waals surface area (Å²) in [5, 5.41) is 9.70. The Hall–Kier alpha value is -3.39. The van der Waals surface area contributed by atoms with Crippen LogP contribution in [0.25, 0.3) is 17.1 Å². The van der Waals surface area contributed by atoms with Crippen LogP contribution in [-0.4, -0.2) is 43.4 Å². The molecule has 8 heteroatoms. The Kier molecular flexibility index (Phi) is 7.47. The van der Waals surface area contributed by atoms with Crippen molar-refractivity contribution in [3.8, 4) is 17.1 Å². The Labute approximate surface area is 204 Å². The van der Waals surface area contributed by atoms with Crippen LogP contribution in [0.4, 0.5) is 0 Å². The minimum absolute atomic E-state index is 0.00368. The molecule has 0 fully saturated rings. The number of aryl methyl sites for hydroxylation is 3. The van der Waals surface area contributed by atoms with Crippen molar-refractivity contribution < 1.29 is 9.21 Å². The van der Waals surface area contributed by atoms with E-state index in [9.17, 15) is 4.79 Å². The van der Waals surface area contributed by atoms with E-state index in [0.29, 0.717) is 11.7 Å². The number of carbonyl (C=O) groups is 1. The number of aromatic nitrogens is 4. The molecule has 0 unspecified atom stereocenters. The van der Waals surface area contributed by atoms with Crippen LogP contribution in [0.3, 0.4) is 0 Å². The normalized spacial score (nSPS) is 11.1. The van der Waals surface area contributed by atoms with Gasteiger partial charge in [0, 0.05) is 25.0 Å². The van der Waals surface area contributed by atoms with Crippen LogP contribution in [-0.2, 0) is 24.2 Å². The van der Waals surface area contributed by atoms with Gasteiger partial charge in [-0.15, -0.1) is 10.2 Å². The highest BCUT2D eigenvalue weighted by Gasteiger charge is 2.22. The molecule has 4 rings (SSSR count). The molecule has 0 aliphatic heterocycles. The first-order valence-electron chi connectivity index (χ1n) is 11.4. The first kappa shape index (κ1) is 23.8. The fourth-order valence-electron chi connectivity index (χ4n) is 3.88. The van der Waals surface area contributed by atoms with Crippen molar-refractivity contribution in [3.05, 3.63) is 77.5 Å². The van der Waals surface area contributed by atoms with Crippen LogP contribution in [0.1, 0.15) is 36.5 Å². The molecule has 0 saturated carbocycles. The third-order valence-corrected chi connectivity index (χ3v) is 6.59. The summed E-state index contributed by atoms with van der Waals surface area (Å²) in [5.74, 6) is 2.57. The summed E-state index contributed by atoms with van der Waals surface area (Å²) in [5.41, 5.74) is 4.39. The van der Waals surface area contributed by atoms with Crippen LogP contribution in [0, 0.1) is 6.92 Å². The number of carbonyl (C=O) groups excluding carboxylic acids is 1. The number of hydrogen-bond donors (Lipinski definition) is 0. The first-order valence-corrected chi connectivity index (χ1v) is 12.4. The number of nitrogens with zero attached hydrogens (tertiary/aromatic N) is 5. The molecule has 0 aliphatic rings. The summed E-state index contributed by atoms with van der Waals surface area (Å²) in [7, 11) is 1.79. The predicted octanol–water partition coefficient (Wildman–Crippen LogP) is 5.11. The van der Waals surface area contributed by atoms with Gasteiger partial charge in [-0.3, -0.25) is 14.3 Å². The molecule has 0 N–H and O–H groups in total. The third kappa shape index (κ3) is 5.07. The first-order chi connectivity index (χ1) is 16.5. The molecule has 0 spiro atoms. The van der Waals surface area contributed by atoms with Crippen LogP contribution >= 0.6 is 11.8 Å². The summed E-state index contributed by atoms with van der Waals surface area (Å²) < 4.78 is 7.70. The molecule has 0 bridgehead atoms. The summed E-state index contributed by atoms with van der Waals surface area (Å²) in [6.45, 7) is 6.62. The fourth-order valence-corrected chi connectivity index (χ4v) is 4.76. The minimum atomic E-state index is -0.00368. The molecule has 176 valence electrons. The Balaban J connectivity index is 1.66. The lowest BCUT2D eigenvalue weighted by atomic mass is 10.0. The molecular formula is C26H29N5O2S. The molecule has 7 nitrogen and oxygen atoms in total. The molecule has 0 saturated heterocycles. The van der Waals surface area contributed by atoms with Gasteiger partial charge in [0.1, 0.15) is 11.5 Å². The Bertz CT molecular complexity index is 1240. The zero-order valence-electron chi connectivity index (χ0n) is 20.0. The van der Waals surface area contributed by atoms with E-state index < -0.39 is 0 Å². The van der Waals surface area contributed by atoms with Gasteiger partial charge in [0.15, 0.2) is 11.0 Å². The molecule has 4 aromatic rings. The summed E-state index contributed by atoms with van der Waals surface area (Å²) >= 11 is 1.40. The lowest BCUT2D eigenvalue weighted by Crippen LogP contribution is -2.27. The van der Waals surface area contributed by atoms with Gasteiger partial charge < -0.3 is 9.32 Å². The van der Waals surface area contributed by atoms with Crippen molar-refractivity contribution in [2.24, 2.45) is 0 Å². The standard InChI is InChI=1S/C26H29N5O2S/c1-5-19-9-7-10-20(6-2)24(19)31-25(21-11-8-14-27-15-21)28-29-26(31)34-17-23(32)30(4)16-22-13-12-18(3)33-22/h7-15H,5-6,16-17H2,1-4H3. The van der Waals surface area contributed by atoms with Crippen LogP contribution in [0.15, 0.2) is 64.4 Å². The smallest absolute Gasteiger partial charge is 0.233 e. The average molecular weight is 476 g/mol. The fraction of sp³-hybridized carbons (Fsp3) is 0.308. The van der Waals surface area contributed by atoms with Crippen LogP contribution < -0.4 is 0 Å². The van der Waals surface area contributed by atoms with Gasteiger partial charge >= 0.3 is 0 Å². The van der Waals surface area contributed by atoms with E-state index in [2.05, 4.69) is 51.8 Å². The van der Waals surface area contributed by atoms with Crippen molar-refractivity contribution in [3.63, 3.8) is 0 Å². The van der Waals surface area contributed by atoms with E-state index in [1.54, 1.807) is 24.3 Å². The molecule has 34 heavy (non-hydrogen) atoms. The van der Waals surface area contributed by atoms with Crippen molar-refractivity contribution in [1.29, 1.82) is 0 Å². The van der Waals surface area contributed by atoms with Crippen LogP contribution in [0.2, 0.25) is 0 Å². The average Bonchev–Trinajstić information content (AvgIpc) is 3.47. The maximum absolute atomic E-state index is 12.9. The van der Waals surface area contributed by atoms with E-state index in [1.165, 1.54) is 22.9 Å². The highest BCUT2D eigenvalue weighted by Crippen LogP contribution is 2.32. The quantitative estimate of drug-likeness (QED) is 0.313. The number of benzene rings is 1. The number of para-hydroxylation sites is 1. The van der Waals surface area contributed by atoms with Crippen molar-refractivity contribution in [2.75, 3.05) is 12.8 Å². The monoisotopic (exact) mass is 475 g/mol. The Morgan fingerprint density at radius 1 is 1.06 bits per heavy atom. The van der Waals surface area contributed by atoms with Gasteiger partial charge in [0.25, 0.3) is 0 Å². The van der Waals surface area contributed by atoms with Crippen molar-refractivity contribution in [2.45, 2.75) is 45.3 Å². The third-order valence-electron chi connectivity index (χ3n) is 5.68. The van der Waals surface area contributed by atoms with E-state index in [0.717, 1.165) is 41.4 Å². The lowest BCUT2D eigenvalue weighted by Gasteiger charge is -2.18. The van der Waals surface area contributed by atoms with E-state index in [4.69, 9.17) is 4.42 Å². The van der Waals surface area contributed by atoms with Gasteiger partial charge in [-0.25, -0.2) is 0 Å². The maximum Gasteiger partial charge on any atom is 0.233 e. The van der Waals surface area contributed by atoms with Crippen LogP contribution in [0.5, 0.6) is 0 Å². The molecule has 3 heterocycles. The molecule has 0 radical (unpaired) electrons. The summed E-state index contributed by atoms with van der Waals surface area (Å²) in [6, 6.07) is 14.0. The second kappa shape index (κ2) is 10.7. The number of rotatable bonds is 9. The summed E-state index contributed by atoms with van der Waals surface area (Å²) in [4.78, 5) is 18.8. The molecule has 3 aromatic heterocycles. The molecule has 1 amide bonds. The van der Waals surface area contributed by atoms with Gasteiger partial charge in [-0.1, -0.05) is 43.8 Å². The predicted molar refractivity (Wildman–Crippen MR) is 134 cm³/mol. The van der Waals surface area contributed by atoms with Crippen molar-refractivity contribution in [1.82, 2.24) is 24.6 Å². The SMILES string of the molecule is CCc1cccc(CC)c1-n1c(SCC(=O)N(C)Cc2ccc(C)o2)nnc1-c1cccnc1. The highest BCUT2D eigenvalue weighted by atomic mass is 32.2. The number of furan rings is 1. The summed E-state index contributed by atoms with van der Waals surface area (Å²) in [6.07, 6.45) is 5.29. The minimum Gasteiger partial charge on any atom is -0.464 e.